The smallest absolute Gasteiger partial charge is 0.0223 e. The van der Waals surface area contributed by atoms with Crippen molar-refractivity contribution in [3.05, 3.63) is 23.0 Å². The summed E-state index contributed by atoms with van der Waals surface area (Å²) in [5.74, 6) is 2.67. The van der Waals surface area contributed by atoms with Gasteiger partial charge in [0.25, 0.3) is 0 Å². The van der Waals surface area contributed by atoms with Gasteiger partial charge in [0, 0.05) is 30.9 Å². The molecule has 94 valence electrons. The Bertz CT molecular complexity index is 382. The lowest BCUT2D eigenvalue weighted by molar-refractivity contribution is 0.625. The minimum Gasteiger partial charge on any atom is -0.349 e. The van der Waals surface area contributed by atoms with E-state index in [1.807, 2.05) is 0 Å². The fourth-order valence-electron chi connectivity index (χ4n) is 2.24. The van der Waals surface area contributed by atoms with E-state index in [1.54, 1.807) is 0 Å². The average molecular weight is 232 g/mol. The molecule has 0 amide bonds. The molecule has 1 N–H and O–H groups in total. The Hall–Kier alpha value is -1.20. The molecule has 1 aromatic heterocycles. The van der Waals surface area contributed by atoms with Gasteiger partial charge in [-0.05, 0) is 51.8 Å². The molecule has 0 aliphatic carbocycles. The second kappa shape index (κ2) is 7.19. The topological polar surface area (TPSA) is 17.0 Å². The van der Waals surface area contributed by atoms with E-state index in [1.165, 1.54) is 17.0 Å². The summed E-state index contributed by atoms with van der Waals surface area (Å²) in [6.07, 6.45) is 8.40. The third-order valence-corrected chi connectivity index (χ3v) is 3.23. The molecule has 1 rings (SSSR count). The highest BCUT2D eigenvalue weighted by Gasteiger charge is 2.06. The van der Waals surface area contributed by atoms with E-state index in [2.05, 4.69) is 42.6 Å². The van der Waals surface area contributed by atoms with Gasteiger partial charge in [0.05, 0.1) is 0 Å². The summed E-state index contributed by atoms with van der Waals surface area (Å²) in [5, 5.41) is 3.48. The van der Waals surface area contributed by atoms with Gasteiger partial charge in [-0.2, -0.15) is 0 Å². The zero-order chi connectivity index (χ0) is 12.7. The number of unbranched alkanes of at least 4 members (excludes halogenated alkanes) is 2. The van der Waals surface area contributed by atoms with Crippen molar-refractivity contribution in [3.63, 3.8) is 0 Å². The minimum absolute atomic E-state index is 0.895. The second-order valence-electron chi connectivity index (χ2n) is 4.48. The molecule has 1 heterocycles. The van der Waals surface area contributed by atoms with Gasteiger partial charge in [0.15, 0.2) is 0 Å². The number of terminal acetylenes is 1. The summed E-state index contributed by atoms with van der Waals surface area (Å²) in [7, 11) is 0. The molecule has 0 atom stereocenters. The molecule has 2 nitrogen and oxygen atoms in total. The zero-order valence-electron chi connectivity index (χ0n) is 11.3. The van der Waals surface area contributed by atoms with Crippen LogP contribution in [-0.4, -0.2) is 11.1 Å². The summed E-state index contributed by atoms with van der Waals surface area (Å²) < 4.78 is 2.36. The van der Waals surface area contributed by atoms with Crippen molar-refractivity contribution >= 4 is 0 Å². The van der Waals surface area contributed by atoms with Crippen molar-refractivity contribution in [1.29, 1.82) is 0 Å². The maximum absolute atomic E-state index is 5.22. The number of aryl methyl sites for hydroxylation is 1. The Labute approximate surface area is 105 Å². The SMILES string of the molecule is C#CCCCCNCc1cc(C)n(CC)c1C. The van der Waals surface area contributed by atoms with Crippen LogP contribution in [0.5, 0.6) is 0 Å². The molecular weight excluding hydrogens is 208 g/mol. The lowest BCUT2D eigenvalue weighted by atomic mass is 10.2. The lowest BCUT2D eigenvalue weighted by Crippen LogP contribution is -2.15. The first kappa shape index (κ1) is 13.9. The van der Waals surface area contributed by atoms with Crippen molar-refractivity contribution < 1.29 is 0 Å². The Morgan fingerprint density at radius 3 is 2.71 bits per heavy atom. The van der Waals surface area contributed by atoms with Crippen LogP contribution < -0.4 is 5.32 Å². The van der Waals surface area contributed by atoms with Crippen LogP contribution >= 0.6 is 0 Å². The first-order valence-corrected chi connectivity index (χ1v) is 6.50. The maximum Gasteiger partial charge on any atom is 0.0223 e. The van der Waals surface area contributed by atoms with Gasteiger partial charge >= 0.3 is 0 Å². The largest absolute Gasteiger partial charge is 0.349 e. The van der Waals surface area contributed by atoms with Gasteiger partial charge in [0.1, 0.15) is 0 Å². The molecule has 0 aliphatic heterocycles. The van der Waals surface area contributed by atoms with Crippen LogP contribution in [0, 0.1) is 26.2 Å². The van der Waals surface area contributed by atoms with Crippen molar-refractivity contribution in [2.24, 2.45) is 0 Å². The van der Waals surface area contributed by atoms with Crippen molar-refractivity contribution in [1.82, 2.24) is 9.88 Å². The van der Waals surface area contributed by atoms with Crippen LogP contribution in [0.3, 0.4) is 0 Å². The van der Waals surface area contributed by atoms with Gasteiger partial charge < -0.3 is 9.88 Å². The van der Waals surface area contributed by atoms with Crippen LogP contribution in [-0.2, 0) is 13.1 Å². The van der Waals surface area contributed by atoms with Crippen LogP contribution in [0.15, 0.2) is 6.07 Å². The van der Waals surface area contributed by atoms with E-state index in [0.29, 0.717) is 0 Å². The van der Waals surface area contributed by atoms with Gasteiger partial charge in [-0.1, -0.05) is 0 Å². The van der Waals surface area contributed by atoms with Crippen LogP contribution in [0.2, 0.25) is 0 Å². The summed E-state index contributed by atoms with van der Waals surface area (Å²) in [4.78, 5) is 0. The monoisotopic (exact) mass is 232 g/mol. The average Bonchev–Trinajstić information content (AvgIpc) is 2.58. The van der Waals surface area contributed by atoms with Crippen molar-refractivity contribution in [2.75, 3.05) is 6.54 Å². The van der Waals surface area contributed by atoms with Gasteiger partial charge in [-0.15, -0.1) is 12.3 Å². The summed E-state index contributed by atoms with van der Waals surface area (Å²) in [5.41, 5.74) is 4.16. The van der Waals surface area contributed by atoms with Gasteiger partial charge in [0.2, 0.25) is 0 Å². The fraction of sp³-hybridized carbons (Fsp3) is 0.600. The normalized spacial score (nSPS) is 10.5. The first-order chi connectivity index (χ1) is 8.20. The lowest BCUT2D eigenvalue weighted by Gasteiger charge is -2.07. The van der Waals surface area contributed by atoms with Crippen molar-refractivity contribution in [3.8, 4) is 12.3 Å². The number of rotatable bonds is 7. The Morgan fingerprint density at radius 2 is 2.12 bits per heavy atom. The number of nitrogens with zero attached hydrogens (tertiary/aromatic N) is 1. The second-order valence-corrected chi connectivity index (χ2v) is 4.48. The molecule has 0 saturated carbocycles. The third-order valence-electron chi connectivity index (χ3n) is 3.23. The molecule has 0 saturated heterocycles. The molecule has 0 aromatic carbocycles. The highest BCUT2D eigenvalue weighted by molar-refractivity contribution is 5.26. The van der Waals surface area contributed by atoms with Gasteiger partial charge in [-0.3, -0.25) is 0 Å². The number of aromatic nitrogens is 1. The number of hydrogen-bond acceptors (Lipinski definition) is 1. The summed E-state index contributed by atoms with van der Waals surface area (Å²) in [6.45, 7) is 9.64. The first-order valence-electron chi connectivity index (χ1n) is 6.50. The molecule has 0 spiro atoms. The fourth-order valence-corrected chi connectivity index (χ4v) is 2.24. The van der Waals surface area contributed by atoms with Crippen molar-refractivity contribution in [2.45, 2.75) is 53.1 Å². The van der Waals surface area contributed by atoms with Crippen LogP contribution in [0.25, 0.3) is 0 Å². The molecule has 0 unspecified atom stereocenters. The van der Waals surface area contributed by atoms with E-state index >= 15 is 0 Å². The summed E-state index contributed by atoms with van der Waals surface area (Å²) >= 11 is 0. The molecule has 17 heavy (non-hydrogen) atoms. The number of hydrogen-bond donors (Lipinski definition) is 1. The van der Waals surface area contributed by atoms with Crippen LogP contribution in [0.4, 0.5) is 0 Å². The molecule has 1 aromatic rings. The molecule has 0 aliphatic rings. The summed E-state index contributed by atoms with van der Waals surface area (Å²) in [6, 6.07) is 2.28. The van der Waals surface area contributed by atoms with Crippen LogP contribution in [0.1, 0.15) is 43.1 Å². The van der Waals surface area contributed by atoms with E-state index in [0.717, 1.165) is 38.9 Å². The molecule has 0 bridgehead atoms. The highest BCUT2D eigenvalue weighted by Crippen LogP contribution is 2.14. The van der Waals surface area contributed by atoms with E-state index < -0.39 is 0 Å². The third kappa shape index (κ3) is 3.94. The minimum atomic E-state index is 0.895. The molecule has 0 fully saturated rings. The van der Waals surface area contributed by atoms with E-state index in [-0.39, 0.29) is 0 Å². The predicted octanol–water partition coefficient (Wildman–Crippen LogP) is 3.02. The molecular formula is C15H24N2. The van der Waals surface area contributed by atoms with Gasteiger partial charge in [-0.25, -0.2) is 0 Å². The predicted molar refractivity (Wildman–Crippen MR) is 74.0 cm³/mol. The maximum atomic E-state index is 5.22. The zero-order valence-corrected chi connectivity index (χ0v) is 11.3. The van der Waals surface area contributed by atoms with E-state index in [9.17, 15) is 0 Å². The molecule has 2 heteroatoms. The Morgan fingerprint density at radius 1 is 1.35 bits per heavy atom. The van der Waals surface area contributed by atoms with E-state index in [4.69, 9.17) is 6.42 Å². The standard InChI is InChI=1S/C15H24N2/c1-5-7-8-9-10-16-12-15-11-13(3)17(6-2)14(15)4/h1,11,16H,6-10,12H2,2-4H3. The molecule has 0 radical (unpaired) electrons. The number of nitrogens with one attached hydrogen (secondary N) is 1. The Kier molecular flexibility index (Phi) is 5.86. The highest BCUT2D eigenvalue weighted by atomic mass is 15.0. The Balaban J connectivity index is 2.35. The quantitative estimate of drug-likeness (QED) is 0.565.